The van der Waals surface area contributed by atoms with Gasteiger partial charge < -0.3 is 10.4 Å². The van der Waals surface area contributed by atoms with Crippen LogP contribution in [0.25, 0.3) is 0 Å². The van der Waals surface area contributed by atoms with Crippen LogP contribution in [-0.2, 0) is 6.54 Å². The SMILES string of the molecule is O=C(O)c1cccc(CNC(=O)c2cccc(Br)c2Cl)c1. The zero-order valence-corrected chi connectivity index (χ0v) is 13.1. The first-order chi connectivity index (χ1) is 9.99. The second kappa shape index (κ2) is 6.74. The molecule has 21 heavy (non-hydrogen) atoms. The van der Waals surface area contributed by atoms with E-state index in [-0.39, 0.29) is 18.0 Å². The first-order valence-electron chi connectivity index (χ1n) is 6.03. The molecule has 0 aromatic heterocycles. The summed E-state index contributed by atoms with van der Waals surface area (Å²) < 4.78 is 0.643. The minimum absolute atomic E-state index is 0.183. The number of carbonyl (C=O) groups is 2. The highest BCUT2D eigenvalue weighted by atomic mass is 79.9. The average Bonchev–Trinajstić information content (AvgIpc) is 2.48. The normalized spacial score (nSPS) is 10.2. The Morgan fingerprint density at radius 1 is 1.19 bits per heavy atom. The molecule has 6 heteroatoms. The van der Waals surface area contributed by atoms with Gasteiger partial charge >= 0.3 is 5.97 Å². The fourth-order valence-electron chi connectivity index (χ4n) is 1.77. The predicted octanol–water partition coefficient (Wildman–Crippen LogP) is 3.73. The highest BCUT2D eigenvalue weighted by molar-refractivity contribution is 9.10. The van der Waals surface area contributed by atoms with Crippen molar-refractivity contribution in [2.45, 2.75) is 6.54 Å². The topological polar surface area (TPSA) is 66.4 Å². The molecule has 0 spiro atoms. The van der Waals surface area contributed by atoms with E-state index in [0.29, 0.717) is 20.6 Å². The van der Waals surface area contributed by atoms with Crippen molar-refractivity contribution in [3.05, 3.63) is 68.7 Å². The lowest BCUT2D eigenvalue weighted by atomic mass is 10.1. The van der Waals surface area contributed by atoms with E-state index in [1.165, 1.54) is 12.1 Å². The number of rotatable bonds is 4. The molecule has 4 nitrogen and oxygen atoms in total. The lowest BCUT2D eigenvalue weighted by molar-refractivity contribution is 0.0696. The van der Waals surface area contributed by atoms with Gasteiger partial charge in [0.05, 0.1) is 16.1 Å². The van der Waals surface area contributed by atoms with Crippen LogP contribution in [0.4, 0.5) is 0 Å². The van der Waals surface area contributed by atoms with Crippen molar-refractivity contribution in [1.29, 1.82) is 0 Å². The molecular weight excluding hydrogens is 358 g/mol. The van der Waals surface area contributed by atoms with Crippen LogP contribution in [0.15, 0.2) is 46.9 Å². The fraction of sp³-hybridized carbons (Fsp3) is 0.0667. The third-order valence-corrected chi connectivity index (χ3v) is 4.12. The molecule has 0 radical (unpaired) electrons. The van der Waals surface area contributed by atoms with Gasteiger partial charge in [-0.1, -0.05) is 29.8 Å². The standard InChI is InChI=1S/C15H11BrClNO3/c16-12-6-2-5-11(13(12)17)14(19)18-8-9-3-1-4-10(7-9)15(20)21/h1-7H,8H2,(H,18,19)(H,20,21). The molecule has 2 aromatic carbocycles. The Bertz CT molecular complexity index is 703. The minimum atomic E-state index is -1.00. The van der Waals surface area contributed by atoms with Crippen LogP contribution < -0.4 is 5.32 Å². The second-order valence-corrected chi connectivity index (χ2v) is 5.52. The monoisotopic (exact) mass is 367 g/mol. The molecule has 0 fully saturated rings. The second-order valence-electron chi connectivity index (χ2n) is 4.29. The molecule has 2 N–H and O–H groups in total. The van der Waals surface area contributed by atoms with E-state index in [1.54, 1.807) is 30.3 Å². The van der Waals surface area contributed by atoms with Crippen LogP contribution in [0.5, 0.6) is 0 Å². The third-order valence-electron chi connectivity index (χ3n) is 2.82. The molecule has 0 bridgehead atoms. The molecular formula is C15H11BrClNO3. The highest BCUT2D eigenvalue weighted by Gasteiger charge is 2.12. The van der Waals surface area contributed by atoms with Gasteiger partial charge in [-0.25, -0.2) is 4.79 Å². The van der Waals surface area contributed by atoms with E-state index >= 15 is 0 Å². The zero-order valence-electron chi connectivity index (χ0n) is 10.8. The van der Waals surface area contributed by atoms with Gasteiger partial charge in [0, 0.05) is 11.0 Å². The van der Waals surface area contributed by atoms with Gasteiger partial charge in [-0.05, 0) is 45.8 Å². The van der Waals surface area contributed by atoms with Crippen LogP contribution in [0.2, 0.25) is 5.02 Å². The molecule has 108 valence electrons. The smallest absolute Gasteiger partial charge is 0.335 e. The van der Waals surface area contributed by atoms with Crippen LogP contribution in [0.3, 0.4) is 0 Å². The van der Waals surface area contributed by atoms with Gasteiger partial charge in [-0.3, -0.25) is 4.79 Å². The Hall–Kier alpha value is -1.85. The zero-order chi connectivity index (χ0) is 15.4. The maximum Gasteiger partial charge on any atom is 0.335 e. The summed E-state index contributed by atoms with van der Waals surface area (Å²) in [4.78, 5) is 23.0. The number of carboxylic acid groups (broad SMARTS) is 1. The molecule has 0 heterocycles. The molecule has 0 unspecified atom stereocenters. The number of amides is 1. The molecule has 0 saturated heterocycles. The maximum atomic E-state index is 12.1. The summed E-state index contributed by atoms with van der Waals surface area (Å²) in [5, 5.41) is 12.0. The Morgan fingerprint density at radius 2 is 1.90 bits per heavy atom. The molecule has 0 aliphatic carbocycles. The Labute approximate surface area is 134 Å². The number of hydrogen-bond donors (Lipinski definition) is 2. The van der Waals surface area contributed by atoms with Gasteiger partial charge in [0.2, 0.25) is 0 Å². The van der Waals surface area contributed by atoms with Gasteiger partial charge in [-0.2, -0.15) is 0 Å². The summed E-state index contributed by atoms with van der Waals surface area (Å²) in [7, 11) is 0. The number of carboxylic acids is 1. The number of carbonyl (C=O) groups excluding carboxylic acids is 1. The molecule has 0 aliphatic heterocycles. The van der Waals surface area contributed by atoms with Crippen molar-refractivity contribution >= 4 is 39.4 Å². The Balaban J connectivity index is 2.09. The third kappa shape index (κ3) is 3.83. The average molecular weight is 369 g/mol. The van der Waals surface area contributed by atoms with Gasteiger partial charge in [0.1, 0.15) is 0 Å². The van der Waals surface area contributed by atoms with Crippen LogP contribution in [0, 0.1) is 0 Å². The first kappa shape index (κ1) is 15.5. The summed E-state index contributed by atoms with van der Waals surface area (Å²) in [6, 6.07) is 11.5. The largest absolute Gasteiger partial charge is 0.478 e. The van der Waals surface area contributed by atoms with E-state index in [4.69, 9.17) is 16.7 Å². The predicted molar refractivity (Wildman–Crippen MR) is 83.7 cm³/mol. The van der Waals surface area contributed by atoms with E-state index in [2.05, 4.69) is 21.2 Å². The van der Waals surface area contributed by atoms with E-state index in [1.807, 2.05) is 0 Å². The maximum absolute atomic E-state index is 12.1. The number of benzene rings is 2. The van der Waals surface area contributed by atoms with E-state index < -0.39 is 5.97 Å². The van der Waals surface area contributed by atoms with Crippen LogP contribution in [-0.4, -0.2) is 17.0 Å². The first-order valence-corrected chi connectivity index (χ1v) is 7.20. The lowest BCUT2D eigenvalue weighted by Crippen LogP contribution is -2.23. The number of nitrogens with one attached hydrogen (secondary N) is 1. The van der Waals surface area contributed by atoms with Crippen molar-refractivity contribution in [3.63, 3.8) is 0 Å². The summed E-state index contributed by atoms with van der Waals surface area (Å²) in [5.41, 5.74) is 1.25. The number of aromatic carboxylic acids is 1. The summed E-state index contributed by atoms with van der Waals surface area (Å²) in [6.07, 6.45) is 0. The molecule has 0 atom stereocenters. The van der Waals surface area contributed by atoms with Crippen molar-refractivity contribution < 1.29 is 14.7 Å². The Kier molecular flexibility index (Phi) is 4.98. The van der Waals surface area contributed by atoms with Crippen molar-refractivity contribution in [2.24, 2.45) is 0 Å². The summed E-state index contributed by atoms with van der Waals surface area (Å²) in [5.74, 6) is -1.32. The van der Waals surface area contributed by atoms with Crippen molar-refractivity contribution in [3.8, 4) is 0 Å². The molecule has 0 saturated carbocycles. The van der Waals surface area contributed by atoms with Crippen molar-refractivity contribution in [2.75, 3.05) is 0 Å². The molecule has 0 aliphatic rings. The van der Waals surface area contributed by atoms with E-state index in [0.717, 1.165) is 0 Å². The molecule has 2 aromatic rings. The summed E-state index contributed by atoms with van der Waals surface area (Å²) in [6.45, 7) is 0.225. The van der Waals surface area contributed by atoms with Gasteiger partial charge in [-0.15, -0.1) is 0 Å². The van der Waals surface area contributed by atoms with Crippen LogP contribution in [0.1, 0.15) is 26.3 Å². The Morgan fingerprint density at radius 3 is 2.62 bits per heavy atom. The van der Waals surface area contributed by atoms with Gasteiger partial charge in [0.15, 0.2) is 0 Å². The summed E-state index contributed by atoms with van der Waals surface area (Å²) >= 11 is 9.31. The molecule has 2 rings (SSSR count). The fourth-order valence-corrected chi connectivity index (χ4v) is 2.35. The van der Waals surface area contributed by atoms with Crippen molar-refractivity contribution in [1.82, 2.24) is 5.32 Å². The van der Waals surface area contributed by atoms with E-state index in [9.17, 15) is 9.59 Å². The highest BCUT2D eigenvalue weighted by Crippen LogP contribution is 2.25. The molecule has 1 amide bonds. The minimum Gasteiger partial charge on any atom is -0.478 e. The van der Waals surface area contributed by atoms with Gasteiger partial charge in [0.25, 0.3) is 5.91 Å². The van der Waals surface area contributed by atoms with Crippen LogP contribution >= 0.6 is 27.5 Å². The number of halogens is 2. The quantitative estimate of drug-likeness (QED) is 0.864. The lowest BCUT2D eigenvalue weighted by Gasteiger charge is -2.08. The number of hydrogen-bond acceptors (Lipinski definition) is 2.